The first kappa shape index (κ1) is 21.2. The van der Waals surface area contributed by atoms with E-state index in [0.717, 1.165) is 58.2 Å². The van der Waals surface area contributed by atoms with Gasteiger partial charge in [0.05, 0.1) is 11.7 Å². The summed E-state index contributed by atoms with van der Waals surface area (Å²) in [5.74, 6) is 0.299. The highest BCUT2D eigenvalue weighted by molar-refractivity contribution is 7.98. The van der Waals surface area contributed by atoms with E-state index in [0.29, 0.717) is 19.8 Å². The number of benzene rings is 1. The van der Waals surface area contributed by atoms with Crippen LogP contribution in [0.2, 0.25) is 0 Å². The number of nitrogens with zero attached hydrogens (tertiary/aromatic N) is 1. The van der Waals surface area contributed by atoms with E-state index in [4.69, 9.17) is 9.47 Å². The lowest BCUT2D eigenvalue weighted by atomic mass is 9.88. The van der Waals surface area contributed by atoms with Crippen molar-refractivity contribution < 1.29 is 14.3 Å². The van der Waals surface area contributed by atoms with E-state index in [1.165, 1.54) is 10.5 Å². The van der Waals surface area contributed by atoms with Crippen molar-refractivity contribution in [2.45, 2.75) is 61.7 Å². The molecule has 0 aliphatic carbocycles. The normalized spacial score (nSPS) is 25.3. The minimum atomic E-state index is 0.0350. The third-order valence-electron chi connectivity index (χ3n) is 6.77. The van der Waals surface area contributed by atoms with Gasteiger partial charge in [0.2, 0.25) is 5.91 Å². The number of hydrogen-bond acceptors (Lipinski definition) is 5. The molecule has 1 spiro atoms. The highest BCUT2D eigenvalue weighted by atomic mass is 32.2. The molecule has 29 heavy (non-hydrogen) atoms. The highest BCUT2D eigenvalue weighted by Crippen LogP contribution is 2.39. The molecule has 3 aliphatic heterocycles. The van der Waals surface area contributed by atoms with Crippen molar-refractivity contribution in [2.75, 3.05) is 39.1 Å². The van der Waals surface area contributed by atoms with Crippen LogP contribution in [-0.4, -0.2) is 61.6 Å². The van der Waals surface area contributed by atoms with Crippen LogP contribution in [0.1, 0.15) is 44.1 Å². The Kier molecular flexibility index (Phi) is 7.16. The lowest BCUT2D eigenvalue weighted by Gasteiger charge is -2.39. The highest BCUT2D eigenvalue weighted by Gasteiger charge is 2.42. The Morgan fingerprint density at radius 2 is 1.86 bits per heavy atom. The number of amides is 1. The van der Waals surface area contributed by atoms with Gasteiger partial charge in [-0.1, -0.05) is 12.1 Å². The van der Waals surface area contributed by atoms with Gasteiger partial charge in [-0.2, -0.15) is 0 Å². The molecule has 0 bridgehead atoms. The lowest BCUT2D eigenvalue weighted by molar-refractivity contribution is -0.129. The number of thioether (sulfide) groups is 1. The summed E-state index contributed by atoms with van der Waals surface area (Å²) in [5, 5.41) is 3.14. The van der Waals surface area contributed by atoms with Gasteiger partial charge in [-0.05, 0) is 62.5 Å². The fourth-order valence-electron chi connectivity index (χ4n) is 4.83. The molecule has 1 N–H and O–H groups in total. The van der Waals surface area contributed by atoms with E-state index in [-0.39, 0.29) is 23.5 Å². The minimum absolute atomic E-state index is 0.0350. The molecule has 3 fully saturated rings. The monoisotopic (exact) mass is 418 g/mol. The smallest absolute Gasteiger partial charge is 0.223 e. The van der Waals surface area contributed by atoms with Crippen LogP contribution >= 0.6 is 11.8 Å². The van der Waals surface area contributed by atoms with Crippen LogP contribution < -0.4 is 5.32 Å². The molecule has 1 aromatic carbocycles. The summed E-state index contributed by atoms with van der Waals surface area (Å²) in [4.78, 5) is 16.2. The summed E-state index contributed by atoms with van der Waals surface area (Å²) in [7, 11) is 0. The molecular weight excluding hydrogens is 384 g/mol. The largest absolute Gasteiger partial charge is 0.381 e. The predicted molar refractivity (Wildman–Crippen MR) is 116 cm³/mol. The number of piperidine rings is 1. The van der Waals surface area contributed by atoms with Crippen LogP contribution in [0.5, 0.6) is 0 Å². The van der Waals surface area contributed by atoms with Crippen molar-refractivity contribution in [2.24, 2.45) is 5.92 Å². The Bertz CT molecular complexity index is 667. The van der Waals surface area contributed by atoms with Crippen molar-refractivity contribution in [1.82, 2.24) is 10.2 Å². The molecule has 1 amide bonds. The number of carbonyl (C=O) groups is 1. The molecular formula is C23H34N2O3S. The van der Waals surface area contributed by atoms with Crippen LogP contribution in [0, 0.1) is 5.92 Å². The van der Waals surface area contributed by atoms with E-state index >= 15 is 0 Å². The second-order valence-corrected chi connectivity index (χ2v) is 9.60. The molecule has 0 aromatic heterocycles. The number of nitrogens with one attached hydrogen (secondary N) is 1. The first-order valence-corrected chi connectivity index (χ1v) is 12.3. The quantitative estimate of drug-likeness (QED) is 0.717. The van der Waals surface area contributed by atoms with E-state index in [1.807, 2.05) is 0 Å². The molecule has 3 heterocycles. The number of likely N-dealkylation sites (tertiary alicyclic amines) is 1. The van der Waals surface area contributed by atoms with Crippen molar-refractivity contribution in [1.29, 1.82) is 0 Å². The zero-order valence-electron chi connectivity index (χ0n) is 17.5. The van der Waals surface area contributed by atoms with E-state index in [2.05, 4.69) is 40.7 Å². The second kappa shape index (κ2) is 9.82. The molecule has 4 rings (SSSR count). The molecule has 160 valence electrons. The molecule has 5 nitrogen and oxygen atoms in total. The van der Waals surface area contributed by atoms with Crippen molar-refractivity contribution in [3.05, 3.63) is 29.8 Å². The molecule has 6 heteroatoms. The molecule has 1 atom stereocenters. The number of rotatable bonds is 6. The SMILES string of the molecule is CSc1ccc(CN2CCC3(CCC(CNC(=O)C4CCOCC4)O3)CC2)cc1. The van der Waals surface area contributed by atoms with Crippen LogP contribution in [0.4, 0.5) is 0 Å². The Balaban J connectivity index is 1.19. The third-order valence-corrected chi connectivity index (χ3v) is 7.51. The molecule has 1 aromatic rings. The van der Waals surface area contributed by atoms with Gasteiger partial charge in [0.25, 0.3) is 0 Å². The summed E-state index contributed by atoms with van der Waals surface area (Å²) in [6.45, 7) is 5.27. The first-order chi connectivity index (χ1) is 14.2. The van der Waals surface area contributed by atoms with Crippen molar-refractivity contribution >= 4 is 17.7 Å². The average Bonchev–Trinajstić information content (AvgIpc) is 3.17. The van der Waals surface area contributed by atoms with Gasteiger partial charge in [-0.3, -0.25) is 9.69 Å². The van der Waals surface area contributed by atoms with Gasteiger partial charge in [-0.15, -0.1) is 11.8 Å². The molecule has 1 unspecified atom stereocenters. The van der Waals surface area contributed by atoms with Gasteiger partial charge in [-0.25, -0.2) is 0 Å². The maximum atomic E-state index is 12.3. The van der Waals surface area contributed by atoms with Gasteiger partial charge in [0.15, 0.2) is 0 Å². The van der Waals surface area contributed by atoms with E-state index in [9.17, 15) is 4.79 Å². The molecule has 3 aliphatic rings. The molecule has 0 saturated carbocycles. The topological polar surface area (TPSA) is 50.8 Å². The van der Waals surface area contributed by atoms with Gasteiger partial charge in [0, 0.05) is 50.2 Å². The number of carbonyl (C=O) groups excluding carboxylic acids is 1. The maximum absolute atomic E-state index is 12.3. The summed E-state index contributed by atoms with van der Waals surface area (Å²) < 4.78 is 11.8. The van der Waals surface area contributed by atoms with E-state index in [1.54, 1.807) is 11.8 Å². The minimum Gasteiger partial charge on any atom is -0.381 e. The zero-order valence-corrected chi connectivity index (χ0v) is 18.3. The lowest BCUT2D eigenvalue weighted by Crippen LogP contribution is -2.45. The van der Waals surface area contributed by atoms with E-state index < -0.39 is 0 Å². The van der Waals surface area contributed by atoms with Gasteiger partial charge >= 0.3 is 0 Å². The maximum Gasteiger partial charge on any atom is 0.223 e. The van der Waals surface area contributed by atoms with Crippen LogP contribution in [0.3, 0.4) is 0 Å². The van der Waals surface area contributed by atoms with Crippen LogP contribution in [0.15, 0.2) is 29.2 Å². The summed E-state index contributed by atoms with van der Waals surface area (Å²) >= 11 is 1.79. The zero-order chi connectivity index (χ0) is 20.1. The second-order valence-electron chi connectivity index (χ2n) is 8.72. The summed E-state index contributed by atoms with van der Waals surface area (Å²) in [6.07, 6.45) is 8.36. The predicted octanol–water partition coefficient (Wildman–Crippen LogP) is 3.46. The van der Waals surface area contributed by atoms with Crippen LogP contribution in [-0.2, 0) is 20.8 Å². The van der Waals surface area contributed by atoms with Gasteiger partial charge < -0.3 is 14.8 Å². The Labute approximate surface area is 178 Å². The van der Waals surface area contributed by atoms with Crippen LogP contribution in [0.25, 0.3) is 0 Å². The molecule has 0 radical (unpaired) electrons. The number of hydrogen-bond donors (Lipinski definition) is 1. The first-order valence-electron chi connectivity index (χ1n) is 11.0. The Morgan fingerprint density at radius 1 is 1.14 bits per heavy atom. The summed E-state index contributed by atoms with van der Waals surface area (Å²) in [6, 6.07) is 8.92. The summed E-state index contributed by atoms with van der Waals surface area (Å²) in [5.41, 5.74) is 1.42. The Hall–Kier alpha value is -1.08. The van der Waals surface area contributed by atoms with Crippen molar-refractivity contribution in [3.63, 3.8) is 0 Å². The number of ether oxygens (including phenoxy) is 2. The fraction of sp³-hybridized carbons (Fsp3) is 0.696. The third kappa shape index (κ3) is 5.54. The fourth-order valence-corrected chi connectivity index (χ4v) is 5.24. The van der Waals surface area contributed by atoms with Crippen molar-refractivity contribution in [3.8, 4) is 0 Å². The standard InChI is InChI=1S/C23H34N2O3S/c1-29-21-4-2-18(3-5-21)17-25-12-10-23(11-13-25)9-6-20(28-23)16-24-22(26)19-7-14-27-15-8-19/h2-5,19-20H,6-17H2,1H3,(H,24,26). The average molecular weight is 419 g/mol. The van der Waals surface area contributed by atoms with Gasteiger partial charge in [0.1, 0.15) is 0 Å². The molecule has 3 saturated heterocycles. The Morgan fingerprint density at radius 3 is 2.55 bits per heavy atom.